The fraction of sp³-hybridized carbons (Fsp3) is 0.550. The summed E-state index contributed by atoms with van der Waals surface area (Å²) in [5.41, 5.74) is 0.440. The van der Waals surface area contributed by atoms with Crippen molar-refractivity contribution in [3.05, 3.63) is 35.9 Å². The van der Waals surface area contributed by atoms with E-state index < -0.39 is 17.1 Å². The van der Waals surface area contributed by atoms with Gasteiger partial charge < -0.3 is 14.9 Å². The molecule has 1 aromatic carbocycles. The average Bonchev–Trinajstić information content (AvgIpc) is 2.91. The van der Waals surface area contributed by atoms with Crippen molar-refractivity contribution < 1.29 is 19.7 Å². The van der Waals surface area contributed by atoms with Crippen molar-refractivity contribution >= 4 is 5.78 Å². The summed E-state index contributed by atoms with van der Waals surface area (Å²) in [7, 11) is 0. The molecule has 2 N–H and O–H groups in total. The molecule has 3 aliphatic carbocycles. The molecule has 2 fully saturated rings. The third-order valence-corrected chi connectivity index (χ3v) is 7.17. The highest BCUT2D eigenvalue weighted by Gasteiger charge is 2.72. The summed E-state index contributed by atoms with van der Waals surface area (Å²) >= 11 is 0. The quantitative estimate of drug-likeness (QED) is 0.820. The number of carbonyl (C=O) groups is 1. The van der Waals surface area contributed by atoms with Gasteiger partial charge in [-0.1, -0.05) is 12.1 Å². The summed E-state index contributed by atoms with van der Waals surface area (Å²) < 4.78 is 6.00. The Balaban J connectivity index is 1.80. The van der Waals surface area contributed by atoms with E-state index >= 15 is 0 Å². The van der Waals surface area contributed by atoms with Gasteiger partial charge >= 0.3 is 0 Å². The zero-order chi connectivity index (χ0) is 16.7. The molecular formula is C20H22O4. The fourth-order valence-electron chi connectivity index (χ4n) is 6.25. The van der Waals surface area contributed by atoms with Gasteiger partial charge in [-0.3, -0.25) is 4.79 Å². The minimum atomic E-state index is -0.927. The van der Waals surface area contributed by atoms with E-state index in [-0.39, 0.29) is 17.5 Å². The van der Waals surface area contributed by atoms with Crippen LogP contribution in [0.25, 0.3) is 0 Å². The van der Waals surface area contributed by atoms with Crippen LogP contribution in [0.2, 0.25) is 0 Å². The lowest BCUT2D eigenvalue weighted by Gasteiger charge is -2.61. The molecule has 24 heavy (non-hydrogen) atoms. The maximum atomic E-state index is 12.6. The standard InChI is InChI=1S/C20H22O4/c1-2-3-11-6-8-19-16-12-4-5-14(21)17(16)24-18(19)15(22)7-9-20(19,23)13(11)10-12/h2,4-5,11,13,18,21,23H,1,3,6-10H2/t11?,13-,18-,19?,20+/m0/s1. The van der Waals surface area contributed by atoms with Gasteiger partial charge in [-0.25, -0.2) is 0 Å². The van der Waals surface area contributed by atoms with Gasteiger partial charge in [-0.05, 0) is 55.6 Å². The topological polar surface area (TPSA) is 66.8 Å². The van der Waals surface area contributed by atoms with Crippen molar-refractivity contribution in [2.75, 3.05) is 0 Å². The van der Waals surface area contributed by atoms with Crippen molar-refractivity contribution in [1.82, 2.24) is 0 Å². The normalized spacial score (nSPS) is 41.5. The predicted molar refractivity (Wildman–Crippen MR) is 88.1 cm³/mol. The minimum absolute atomic E-state index is 0.0593. The summed E-state index contributed by atoms with van der Waals surface area (Å²) in [6, 6.07) is 3.61. The van der Waals surface area contributed by atoms with Crippen LogP contribution in [0.1, 0.15) is 43.2 Å². The number of Topliss-reactive ketones (excluding diaryl/α,β-unsaturated/α-hetero) is 1. The molecule has 0 saturated heterocycles. The predicted octanol–water partition coefficient (Wildman–Crippen LogP) is 2.64. The molecule has 4 aliphatic rings. The summed E-state index contributed by atoms with van der Waals surface area (Å²) in [6.45, 7) is 3.89. The molecule has 4 heteroatoms. The molecule has 5 rings (SSSR count). The van der Waals surface area contributed by atoms with Gasteiger partial charge in [-0.15, -0.1) is 6.58 Å². The zero-order valence-corrected chi connectivity index (χ0v) is 13.6. The smallest absolute Gasteiger partial charge is 0.174 e. The lowest BCUT2D eigenvalue weighted by Crippen LogP contribution is -2.71. The first-order valence-corrected chi connectivity index (χ1v) is 8.91. The van der Waals surface area contributed by atoms with E-state index in [2.05, 4.69) is 6.58 Å². The van der Waals surface area contributed by atoms with Crippen LogP contribution in [0, 0.1) is 11.8 Å². The van der Waals surface area contributed by atoms with Gasteiger partial charge in [0.15, 0.2) is 23.4 Å². The summed E-state index contributed by atoms with van der Waals surface area (Å²) in [4.78, 5) is 12.6. The van der Waals surface area contributed by atoms with E-state index in [1.54, 1.807) is 6.07 Å². The van der Waals surface area contributed by atoms with E-state index in [1.807, 2.05) is 12.1 Å². The van der Waals surface area contributed by atoms with Crippen LogP contribution in [-0.2, 0) is 16.6 Å². The molecule has 0 radical (unpaired) electrons. The molecule has 1 heterocycles. The minimum Gasteiger partial charge on any atom is -0.504 e. The molecule has 2 saturated carbocycles. The fourth-order valence-corrected chi connectivity index (χ4v) is 6.25. The molecule has 2 unspecified atom stereocenters. The number of phenolic OH excluding ortho intramolecular Hbond substituents is 1. The molecule has 1 aliphatic heterocycles. The monoisotopic (exact) mass is 326 g/mol. The highest BCUT2D eigenvalue weighted by molar-refractivity contribution is 5.89. The van der Waals surface area contributed by atoms with Crippen LogP contribution in [0.5, 0.6) is 11.5 Å². The maximum Gasteiger partial charge on any atom is 0.174 e. The Kier molecular flexibility index (Phi) is 2.68. The van der Waals surface area contributed by atoms with Crippen LogP contribution in [0.3, 0.4) is 0 Å². The van der Waals surface area contributed by atoms with Gasteiger partial charge in [0.1, 0.15) is 0 Å². The van der Waals surface area contributed by atoms with E-state index in [4.69, 9.17) is 4.74 Å². The van der Waals surface area contributed by atoms with Crippen molar-refractivity contribution in [1.29, 1.82) is 0 Å². The Labute approximate surface area is 141 Å². The molecule has 1 spiro atoms. The van der Waals surface area contributed by atoms with Crippen LogP contribution in [0.4, 0.5) is 0 Å². The highest BCUT2D eigenvalue weighted by atomic mass is 16.5. The van der Waals surface area contributed by atoms with Crippen LogP contribution in [0.15, 0.2) is 24.8 Å². The lowest BCUT2D eigenvalue weighted by molar-refractivity contribution is -0.188. The first-order chi connectivity index (χ1) is 11.5. The zero-order valence-electron chi connectivity index (χ0n) is 13.6. The van der Waals surface area contributed by atoms with Crippen LogP contribution in [-0.4, -0.2) is 27.7 Å². The summed E-state index contributed by atoms with van der Waals surface area (Å²) in [6.07, 6.45) is 5.51. The second-order valence-electron chi connectivity index (χ2n) is 7.94. The second kappa shape index (κ2) is 4.42. The summed E-state index contributed by atoms with van der Waals surface area (Å²) in [5.74, 6) is 1.08. The number of phenols is 1. The molecular weight excluding hydrogens is 304 g/mol. The number of ether oxygens (including phenoxy) is 1. The lowest BCUT2D eigenvalue weighted by atomic mass is 9.43. The average molecular weight is 326 g/mol. The first kappa shape index (κ1) is 14.5. The first-order valence-electron chi connectivity index (χ1n) is 8.91. The number of aliphatic hydroxyl groups is 1. The molecule has 4 nitrogen and oxygen atoms in total. The summed E-state index contributed by atoms with van der Waals surface area (Å²) in [5, 5.41) is 22.2. The highest BCUT2D eigenvalue weighted by Crippen LogP contribution is 2.68. The van der Waals surface area contributed by atoms with Gasteiger partial charge in [0.25, 0.3) is 0 Å². The van der Waals surface area contributed by atoms with E-state index in [0.717, 1.165) is 36.8 Å². The molecule has 0 aromatic heterocycles. The number of benzene rings is 1. The molecule has 5 atom stereocenters. The Morgan fingerprint density at radius 2 is 2.21 bits per heavy atom. The van der Waals surface area contributed by atoms with E-state index in [9.17, 15) is 15.0 Å². The number of rotatable bonds is 2. The van der Waals surface area contributed by atoms with Crippen molar-refractivity contribution in [3.63, 3.8) is 0 Å². The number of ketones is 1. The van der Waals surface area contributed by atoms with E-state index in [1.165, 1.54) is 0 Å². The Morgan fingerprint density at radius 1 is 1.38 bits per heavy atom. The van der Waals surface area contributed by atoms with Crippen LogP contribution >= 0.6 is 0 Å². The van der Waals surface area contributed by atoms with E-state index in [0.29, 0.717) is 24.5 Å². The van der Waals surface area contributed by atoms with Crippen molar-refractivity contribution in [2.45, 2.75) is 55.6 Å². The molecule has 1 aromatic rings. The maximum absolute atomic E-state index is 12.6. The van der Waals surface area contributed by atoms with Crippen molar-refractivity contribution in [2.24, 2.45) is 11.8 Å². The molecule has 0 amide bonds. The van der Waals surface area contributed by atoms with Crippen LogP contribution < -0.4 is 4.74 Å². The van der Waals surface area contributed by atoms with Gasteiger partial charge in [-0.2, -0.15) is 0 Å². The van der Waals surface area contributed by atoms with Gasteiger partial charge in [0, 0.05) is 12.0 Å². The molecule has 126 valence electrons. The van der Waals surface area contributed by atoms with Gasteiger partial charge in [0.05, 0.1) is 11.0 Å². The molecule has 2 bridgehead atoms. The number of hydrogen-bond donors (Lipinski definition) is 2. The number of carbonyl (C=O) groups excluding carboxylic acids is 1. The number of allylic oxidation sites excluding steroid dienone is 1. The second-order valence-corrected chi connectivity index (χ2v) is 7.94. The Hall–Kier alpha value is -1.81. The third-order valence-electron chi connectivity index (χ3n) is 7.17. The Morgan fingerprint density at radius 3 is 3.00 bits per heavy atom. The Bertz CT molecular complexity index is 769. The van der Waals surface area contributed by atoms with Crippen molar-refractivity contribution in [3.8, 4) is 11.5 Å². The number of aromatic hydroxyl groups is 1. The third kappa shape index (κ3) is 1.39. The van der Waals surface area contributed by atoms with Gasteiger partial charge in [0.2, 0.25) is 0 Å². The SMILES string of the molecule is C=CCC1CCC23c4c5ccc(O)c4O[C@H]2C(=O)CC[C@@]3(O)[C@H]1C5. The number of hydrogen-bond acceptors (Lipinski definition) is 4. The largest absolute Gasteiger partial charge is 0.504 e.